The molecular formula is C12H12BrClO3. The lowest BCUT2D eigenvalue weighted by Crippen LogP contribution is -2.32. The fourth-order valence-corrected chi connectivity index (χ4v) is 2.78. The molecule has 0 fully saturated rings. The summed E-state index contributed by atoms with van der Waals surface area (Å²) in [6, 6.07) is 3.19. The fraction of sp³-hybridized carbons (Fsp3) is 0.417. The van der Waals surface area contributed by atoms with Gasteiger partial charge < -0.3 is 9.84 Å². The van der Waals surface area contributed by atoms with Crippen LogP contribution >= 0.6 is 27.5 Å². The molecule has 0 aromatic heterocycles. The van der Waals surface area contributed by atoms with Gasteiger partial charge in [-0.25, -0.2) is 0 Å². The predicted molar refractivity (Wildman–Crippen MR) is 68.9 cm³/mol. The Morgan fingerprint density at radius 3 is 3.18 bits per heavy atom. The highest BCUT2D eigenvalue weighted by molar-refractivity contribution is 9.10. The summed E-state index contributed by atoms with van der Waals surface area (Å²) in [6.45, 7) is -2.36. The summed E-state index contributed by atoms with van der Waals surface area (Å²) in [6.07, 6.45) is -0.436. The highest BCUT2D eigenvalue weighted by atomic mass is 79.9. The molecule has 1 aliphatic heterocycles. The molecule has 17 heavy (non-hydrogen) atoms. The van der Waals surface area contributed by atoms with Gasteiger partial charge in [-0.2, -0.15) is 0 Å². The highest BCUT2D eigenvalue weighted by Gasteiger charge is 2.38. The summed E-state index contributed by atoms with van der Waals surface area (Å²) in [4.78, 5) is 11.2. The van der Waals surface area contributed by atoms with Gasteiger partial charge in [0.05, 0.1) is 17.5 Å². The second kappa shape index (κ2) is 4.50. The number of benzene rings is 1. The minimum atomic E-state index is -2.49. The number of ether oxygens (including phenoxy) is 1. The van der Waals surface area contributed by atoms with Gasteiger partial charge in [0.2, 0.25) is 0 Å². The van der Waals surface area contributed by atoms with Crippen LogP contribution in [0, 0.1) is 0 Å². The maximum absolute atomic E-state index is 11.2. The van der Waals surface area contributed by atoms with Crippen LogP contribution in [0.5, 0.6) is 5.75 Å². The summed E-state index contributed by atoms with van der Waals surface area (Å²) in [5, 5.41) is 9.34. The summed E-state index contributed by atoms with van der Waals surface area (Å²) >= 11 is 9.43. The van der Waals surface area contributed by atoms with Gasteiger partial charge in [0.25, 0.3) is 0 Å². The van der Waals surface area contributed by atoms with Crippen LogP contribution in [-0.2, 0) is 10.2 Å². The Bertz CT molecular complexity index is 562. The average molecular weight is 323 g/mol. The third kappa shape index (κ3) is 2.29. The maximum Gasteiger partial charge on any atom is 0.304 e. The van der Waals surface area contributed by atoms with Crippen molar-refractivity contribution in [3.8, 4) is 5.75 Å². The average Bonchev–Trinajstić information content (AvgIpc) is 2.32. The highest BCUT2D eigenvalue weighted by Crippen LogP contribution is 2.47. The molecule has 0 spiro atoms. The second-order valence-electron chi connectivity index (χ2n) is 3.98. The van der Waals surface area contributed by atoms with Crippen molar-refractivity contribution in [2.75, 3.05) is 6.61 Å². The molecule has 0 bridgehead atoms. The van der Waals surface area contributed by atoms with E-state index in [4.69, 9.17) is 25.6 Å². The van der Waals surface area contributed by atoms with Crippen molar-refractivity contribution in [3.05, 3.63) is 27.2 Å². The quantitative estimate of drug-likeness (QED) is 0.904. The number of aliphatic carboxylic acids is 1. The lowest BCUT2D eigenvalue weighted by molar-refractivity contribution is -0.138. The molecule has 1 N–H and O–H groups in total. The van der Waals surface area contributed by atoms with E-state index in [2.05, 4.69) is 15.9 Å². The Morgan fingerprint density at radius 1 is 1.76 bits per heavy atom. The summed E-state index contributed by atoms with van der Waals surface area (Å²) in [5.74, 6) is -0.855. The number of carbonyl (C=O) groups is 1. The van der Waals surface area contributed by atoms with Gasteiger partial charge >= 0.3 is 5.97 Å². The van der Waals surface area contributed by atoms with Crippen LogP contribution in [0.25, 0.3) is 0 Å². The van der Waals surface area contributed by atoms with Crippen LogP contribution < -0.4 is 4.74 Å². The zero-order chi connectivity index (χ0) is 15.1. The van der Waals surface area contributed by atoms with Crippen molar-refractivity contribution >= 4 is 33.5 Å². The molecular weight excluding hydrogens is 307 g/mol. The van der Waals surface area contributed by atoms with Crippen molar-refractivity contribution < 1.29 is 18.8 Å². The molecule has 2 rings (SSSR count). The molecule has 0 saturated carbocycles. The Kier molecular flexibility index (Phi) is 2.44. The minimum absolute atomic E-state index is 0.0823. The Labute approximate surface area is 117 Å². The smallest absolute Gasteiger partial charge is 0.304 e. The van der Waals surface area contributed by atoms with E-state index in [-0.39, 0.29) is 23.6 Å². The Balaban J connectivity index is 2.74. The van der Waals surface area contributed by atoms with Crippen molar-refractivity contribution in [1.82, 2.24) is 0 Å². The number of rotatable bonds is 2. The monoisotopic (exact) mass is 321 g/mol. The summed E-state index contributed by atoms with van der Waals surface area (Å²) in [7, 11) is 0. The first kappa shape index (κ1) is 9.22. The van der Waals surface area contributed by atoms with E-state index in [9.17, 15) is 4.79 Å². The van der Waals surface area contributed by atoms with Gasteiger partial charge in [-0.05, 0) is 34.5 Å². The van der Waals surface area contributed by atoms with E-state index >= 15 is 0 Å². The van der Waals surface area contributed by atoms with Crippen molar-refractivity contribution in [2.24, 2.45) is 0 Å². The SMILES string of the molecule is [2H]C([2H])([2H])C1(CC(=O)O)CCOc2c(Br)ccc(Cl)c21. The molecule has 0 saturated heterocycles. The van der Waals surface area contributed by atoms with E-state index in [0.717, 1.165) is 0 Å². The van der Waals surface area contributed by atoms with Gasteiger partial charge in [0, 0.05) is 20.1 Å². The lowest BCUT2D eigenvalue weighted by atomic mass is 9.75. The number of hydrogen-bond donors (Lipinski definition) is 1. The van der Waals surface area contributed by atoms with E-state index in [1.54, 1.807) is 12.1 Å². The molecule has 1 unspecified atom stereocenters. The van der Waals surface area contributed by atoms with E-state index < -0.39 is 24.7 Å². The van der Waals surface area contributed by atoms with Crippen molar-refractivity contribution in [2.45, 2.75) is 25.1 Å². The Morgan fingerprint density at radius 2 is 2.53 bits per heavy atom. The van der Waals surface area contributed by atoms with Gasteiger partial charge in [0.1, 0.15) is 5.75 Å². The third-order valence-electron chi connectivity index (χ3n) is 2.77. The number of carboxylic acids is 1. The van der Waals surface area contributed by atoms with Gasteiger partial charge in [-0.1, -0.05) is 18.5 Å². The first-order valence-electron chi connectivity index (χ1n) is 6.52. The molecule has 0 aliphatic carbocycles. The molecule has 0 amide bonds. The molecule has 1 aromatic rings. The molecule has 92 valence electrons. The van der Waals surface area contributed by atoms with Crippen LogP contribution in [0.2, 0.25) is 5.02 Å². The first-order valence-corrected chi connectivity index (χ1v) is 6.19. The summed E-state index contributed by atoms with van der Waals surface area (Å²) < 4.78 is 29.5. The van der Waals surface area contributed by atoms with E-state index in [0.29, 0.717) is 10.2 Å². The van der Waals surface area contributed by atoms with Crippen LogP contribution in [-0.4, -0.2) is 17.7 Å². The van der Waals surface area contributed by atoms with Crippen LogP contribution in [0.1, 0.15) is 29.4 Å². The molecule has 1 heterocycles. The normalized spacial score (nSPS) is 26.1. The van der Waals surface area contributed by atoms with Gasteiger partial charge in [-0.15, -0.1) is 0 Å². The van der Waals surface area contributed by atoms with E-state index in [1.807, 2.05) is 0 Å². The first-order chi connectivity index (χ1) is 9.19. The largest absolute Gasteiger partial charge is 0.492 e. The molecule has 1 atom stereocenters. The lowest BCUT2D eigenvalue weighted by Gasteiger charge is -2.35. The zero-order valence-corrected chi connectivity index (χ0v) is 11.1. The molecule has 1 aliphatic rings. The van der Waals surface area contributed by atoms with E-state index in [1.165, 1.54) is 0 Å². The minimum Gasteiger partial charge on any atom is -0.492 e. The number of fused-ring (bicyclic) bond motifs is 1. The predicted octanol–water partition coefficient (Wildman–Crippen LogP) is 3.62. The molecule has 0 radical (unpaired) electrons. The molecule has 5 heteroatoms. The van der Waals surface area contributed by atoms with Crippen LogP contribution in [0.15, 0.2) is 16.6 Å². The standard InChI is InChI=1S/C12H12BrClO3/c1-12(6-9(15)16)4-5-17-11-7(13)2-3-8(14)10(11)12/h2-3H,4-6H2,1H3,(H,15,16)/i1D3. The maximum atomic E-state index is 11.2. The van der Waals surface area contributed by atoms with Crippen LogP contribution in [0.4, 0.5) is 0 Å². The summed E-state index contributed by atoms with van der Waals surface area (Å²) in [5.41, 5.74) is -1.28. The van der Waals surface area contributed by atoms with Crippen molar-refractivity contribution in [1.29, 1.82) is 0 Å². The van der Waals surface area contributed by atoms with Crippen LogP contribution in [0.3, 0.4) is 0 Å². The number of hydrogen-bond acceptors (Lipinski definition) is 2. The topological polar surface area (TPSA) is 46.5 Å². The molecule has 1 aromatic carbocycles. The fourth-order valence-electron chi connectivity index (χ4n) is 2.01. The second-order valence-corrected chi connectivity index (χ2v) is 5.25. The Hall–Kier alpha value is -0.740. The van der Waals surface area contributed by atoms with Gasteiger partial charge in [-0.3, -0.25) is 4.79 Å². The van der Waals surface area contributed by atoms with Gasteiger partial charge in [0.15, 0.2) is 0 Å². The van der Waals surface area contributed by atoms with Crippen molar-refractivity contribution in [3.63, 3.8) is 0 Å². The number of carboxylic acid groups (broad SMARTS) is 1. The third-order valence-corrected chi connectivity index (χ3v) is 3.71. The molecule has 3 nitrogen and oxygen atoms in total. The zero-order valence-electron chi connectivity index (χ0n) is 11.8. The number of halogens is 2.